The van der Waals surface area contributed by atoms with Crippen LogP contribution in [0.25, 0.3) is 0 Å². The van der Waals surface area contributed by atoms with Gasteiger partial charge in [-0.3, -0.25) is 14.5 Å². The summed E-state index contributed by atoms with van der Waals surface area (Å²) in [6.07, 6.45) is 1.62. The molecule has 0 bridgehead atoms. The molecule has 1 aromatic heterocycles. The molecule has 0 aliphatic carbocycles. The lowest BCUT2D eigenvalue weighted by atomic mass is 10.2. The number of aromatic nitrogens is 1. The highest BCUT2D eigenvalue weighted by Gasteiger charge is 2.16. The van der Waals surface area contributed by atoms with Gasteiger partial charge in [-0.25, -0.2) is 13.8 Å². The Morgan fingerprint density at radius 1 is 1.03 bits per heavy atom. The molecule has 3 aromatic rings. The van der Waals surface area contributed by atoms with Crippen LogP contribution in [-0.2, 0) is 10.0 Å². The quantitative estimate of drug-likeness (QED) is 0.461. The van der Waals surface area contributed by atoms with Crippen LogP contribution in [0.5, 0.6) is 0 Å². The van der Waals surface area contributed by atoms with Gasteiger partial charge in [0.2, 0.25) is 0 Å². The summed E-state index contributed by atoms with van der Waals surface area (Å²) >= 11 is 5.81. The van der Waals surface area contributed by atoms with E-state index in [4.69, 9.17) is 11.6 Å². The zero-order chi connectivity index (χ0) is 20.9. The van der Waals surface area contributed by atoms with Gasteiger partial charge in [0.05, 0.1) is 16.3 Å². The first kappa shape index (κ1) is 20.5. The van der Waals surface area contributed by atoms with Crippen LogP contribution < -0.4 is 10.1 Å². The predicted molar refractivity (Wildman–Crippen MR) is 113 cm³/mol. The van der Waals surface area contributed by atoms with Gasteiger partial charge in [-0.05, 0) is 61.5 Å². The number of hydrogen-bond donors (Lipinski definition) is 2. The monoisotopic (exact) mass is 428 g/mol. The van der Waals surface area contributed by atoms with E-state index in [9.17, 15) is 13.2 Å². The van der Waals surface area contributed by atoms with Crippen LogP contribution in [0.4, 0.5) is 5.69 Å². The van der Waals surface area contributed by atoms with E-state index < -0.39 is 15.9 Å². The number of nitrogens with zero attached hydrogens (tertiary/aromatic N) is 2. The standard InChI is InChI=1S/C20H17ClN4O3S/c1-14(19-7-2-3-12-22-19)23-24-20(26)15-5-4-6-18(13-15)29(27,28)25-17-10-8-16(21)9-11-17/h2-13,25H,1H3,(H,24,26). The highest BCUT2D eigenvalue weighted by molar-refractivity contribution is 7.92. The summed E-state index contributed by atoms with van der Waals surface area (Å²) in [6.45, 7) is 1.71. The molecule has 7 nitrogen and oxygen atoms in total. The van der Waals surface area contributed by atoms with E-state index in [0.717, 1.165) is 0 Å². The highest BCUT2D eigenvalue weighted by atomic mass is 35.5. The molecule has 1 amide bonds. The topological polar surface area (TPSA) is 101 Å². The third kappa shape index (κ3) is 5.40. The van der Waals surface area contributed by atoms with Crippen LogP contribution in [0.15, 0.2) is 82.9 Å². The van der Waals surface area contributed by atoms with Crippen molar-refractivity contribution in [2.24, 2.45) is 5.10 Å². The second kappa shape index (κ2) is 8.85. The molecule has 9 heteroatoms. The molecule has 2 N–H and O–H groups in total. The Morgan fingerprint density at radius 3 is 2.48 bits per heavy atom. The van der Waals surface area contributed by atoms with E-state index in [1.54, 1.807) is 49.5 Å². The first-order valence-electron chi connectivity index (χ1n) is 8.50. The van der Waals surface area contributed by atoms with Crippen molar-refractivity contribution in [3.8, 4) is 0 Å². The van der Waals surface area contributed by atoms with Crippen LogP contribution in [0, 0.1) is 0 Å². The normalized spacial score (nSPS) is 11.7. The highest BCUT2D eigenvalue weighted by Crippen LogP contribution is 2.19. The number of rotatable bonds is 6. The minimum atomic E-state index is -3.88. The summed E-state index contributed by atoms with van der Waals surface area (Å²) < 4.78 is 27.6. The molecule has 0 unspecified atom stereocenters. The van der Waals surface area contributed by atoms with Gasteiger partial charge in [0, 0.05) is 22.5 Å². The Kier molecular flexibility index (Phi) is 6.26. The molecule has 3 rings (SSSR count). The van der Waals surface area contributed by atoms with Crippen LogP contribution in [-0.4, -0.2) is 25.0 Å². The summed E-state index contributed by atoms with van der Waals surface area (Å²) in [6, 6.07) is 17.3. The molecule has 0 aliphatic heterocycles. The number of benzene rings is 2. The Morgan fingerprint density at radius 2 is 1.79 bits per heavy atom. The van der Waals surface area contributed by atoms with Crippen LogP contribution in [0.3, 0.4) is 0 Å². The second-order valence-corrected chi connectivity index (χ2v) is 8.11. The number of pyridine rings is 1. The SMILES string of the molecule is CC(=NNC(=O)c1cccc(S(=O)(=O)Nc2ccc(Cl)cc2)c1)c1ccccn1. The average molecular weight is 429 g/mol. The number of halogens is 1. The Bertz CT molecular complexity index is 1150. The predicted octanol–water partition coefficient (Wildman–Crippen LogP) is 3.69. The third-order valence-electron chi connectivity index (χ3n) is 3.86. The fourth-order valence-corrected chi connectivity index (χ4v) is 3.60. The van der Waals surface area contributed by atoms with Gasteiger partial charge in [-0.2, -0.15) is 5.10 Å². The van der Waals surface area contributed by atoms with Gasteiger partial charge in [-0.15, -0.1) is 0 Å². The van der Waals surface area contributed by atoms with E-state index in [1.807, 2.05) is 6.07 Å². The molecule has 0 atom stereocenters. The van der Waals surface area contributed by atoms with E-state index >= 15 is 0 Å². The lowest BCUT2D eigenvalue weighted by Crippen LogP contribution is -2.20. The maximum atomic E-state index is 12.6. The molecule has 2 aromatic carbocycles. The molecule has 29 heavy (non-hydrogen) atoms. The lowest BCUT2D eigenvalue weighted by Gasteiger charge is -2.09. The minimum absolute atomic E-state index is 0.0504. The van der Waals surface area contributed by atoms with Crippen molar-refractivity contribution in [2.75, 3.05) is 4.72 Å². The van der Waals surface area contributed by atoms with E-state index in [0.29, 0.717) is 22.1 Å². The molecule has 0 radical (unpaired) electrons. The summed E-state index contributed by atoms with van der Waals surface area (Å²) in [5.41, 5.74) is 4.07. The maximum absolute atomic E-state index is 12.6. The minimum Gasteiger partial charge on any atom is -0.280 e. The van der Waals surface area contributed by atoms with Gasteiger partial charge in [0.15, 0.2) is 0 Å². The summed E-state index contributed by atoms with van der Waals surface area (Å²) in [4.78, 5) is 16.5. The Labute approximate surface area is 173 Å². The molecular formula is C20H17ClN4O3S. The van der Waals surface area contributed by atoms with Gasteiger partial charge in [0.1, 0.15) is 0 Å². The van der Waals surface area contributed by atoms with E-state index in [-0.39, 0.29) is 10.5 Å². The molecule has 0 spiro atoms. The number of carbonyl (C=O) groups excluding carboxylic acids is 1. The number of carbonyl (C=O) groups is 1. The molecule has 0 saturated carbocycles. The van der Waals surface area contributed by atoms with Gasteiger partial charge in [-0.1, -0.05) is 23.7 Å². The lowest BCUT2D eigenvalue weighted by molar-refractivity contribution is 0.0954. The fourth-order valence-electron chi connectivity index (χ4n) is 2.37. The number of hydrazone groups is 1. The van der Waals surface area contributed by atoms with Crippen LogP contribution in [0.1, 0.15) is 23.0 Å². The zero-order valence-corrected chi connectivity index (χ0v) is 16.9. The third-order valence-corrected chi connectivity index (χ3v) is 5.49. The molecule has 0 saturated heterocycles. The molecule has 1 heterocycles. The van der Waals surface area contributed by atoms with Crippen molar-refractivity contribution in [1.29, 1.82) is 0 Å². The average Bonchev–Trinajstić information content (AvgIpc) is 2.74. The number of hydrogen-bond acceptors (Lipinski definition) is 5. The molecule has 0 aliphatic rings. The van der Waals surface area contributed by atoms with Crippen molar-refractivity contribution in [3.05, 3.63) is 89.2 Å². The number of amides is 1. The fraction of sp³-hybridized carbons (Fsp3) is 0.0500. The summed E-state index contributed by atoms with van der Waals surface area (Å²) in [7, 11) is -3.88. The second-order valence-electron chi connectivity index (χ2n) is 5.99. The van der Waals surface area contributed by atoms with Crippen molar-refractivity contribution < 1.29 is 13.2 Å². The van der Waals surface area contributed by atoms with Gasteiger partial charge < -0.3 is 0 Å². The number of nitrogens with one attached hydrogen (secondary N) is 2. The number of anilines is 1. The van der Waals surface area contributed by atoms with Gasteiger partial charge in [0.25, 0.3) is 15.9 Å². The Balaban J connectivity index is 1.76. The first-order valence-corrected chi connectivity index (χ1v) is 10.4. The smallest absolute Gasteiger partial charge is 0.271 e. The van der Waals surface area contributed by atoms with Crippen molar-refractivity contribution in [2.45, 2.75) is 11.8 Å². The Hall–Kier alpha value is -3.23. The van der Waals surface area contributed by atoms with Crippen molar-refractivity contribution in [3.63, 3.8) is 0 Å². The van der Waals surface area contributed by atoms with Gasteiger partial charge >= 0.3 is 0 Å². The van der Waals surface area contributed by atoms with Crippen molar-refractivity contribution >= 4 is 38.9 Å². The largest absolute Gasteiger partial charge is 0.280 e. The zero-order valence-electron chi connectivity index (χ0n) is 15.3. The maximum Gasteiger partial charge on any atom is 0.271 e. The van der Waals surface area contributed by atoms with E-state index in [2.05, 4.69) is 20.2 Å². The van der Waals surface area contributed by atoms with Crippen LogP contribution >= 0.6 is 11.6 Å². The van der Waals surface area contributed by atoms with Crippen molar-refractivity contribution in [1.82, 2.24) is 10.4 Å². The molecule has 0 fully saturated rings. The van der Waals surface area contributed by atoms with E-state index in [1.165, 1.54) is 24.3 Å². The number of sulfonamides is 1. The summed E-state index contributed by atoms with van der Waals surface area (Å²) in [5, 5.41) is 4.51. The summed E-state index contributed by atoms with van der Waals surface area (Å²) in [5.74, 6) is -0.538. The molecule has 148 valence electrons. The molecular weight excluding hydrogens is 412 g/mol. The van der Waals surface area contributed by atoms with Crippen LogP contribution in [0.2, 0.25) is 5.02 Å². The first-order chi connectivity index (χ1) is 13.8.